The molecular weight excluding hydrogens is 168 g/mol. The monoisotopic (exact) mass is 178 g/mol. The molecule has 13 heavy (non-hydrogen) atoms. The fourth-order valence-corrected chi connectivity index (χ4v) is 1.08. The maximum Gasteiger partial charge on any atom is 0.187 e. The van der Waals surface area contributed by atoms with Gasteiger partial charge in [-0.15, -0.1) is 0 Å². The van der Waals surface area contributed by atoms with Gasteiger partial charge in [0, 0.05) is 25.9 Å². The predicted molar refractivity (Wildman–Crippen MR) is 46.6 cm³/mol. The summed E-state index contributed by atoms with van der Waals surface area (Å²) in [6.45, 7) is 0.385. The fourth-order valence-electron chi connectivity index (χ4n) is 1.08. The molecule has 0 saturated carbocycles. The van der Waals surface area contributed by atoms with Crippen molar-refractivity contribution in [1.29, 1.82) is 0 Å². The Morgan fingerprint density at radius 2 is 2.46 bits per heavy atom. The number of nitrogens with two attached hydrogens (primary N) is 1. The summed E-state index contributed by atoms with van der Waals surface area (Å²) in [5.41, 5.74) is 6.91. The SMILES string of the molecule is Cn1ccc(-c2cc(CN)no2)n1. The molecule has 2 rings (SSSR count). The van der Waals surface area contributed by atoms with Crippen LogP contribution in [-0.2, 0) is 13.6 Å². The van der Waals surface area contributed by atoms with Crippen molar-refractivity contribution in [3.8, 4) is 11.5 Å². The highest BCUT2D eigenvalue weighted by Gasteiger charge is 2.07. The van der Waals surface area contributed by atoms with E-state index in [0.717, 1.165) is 11.4 Å². The van der Waals surface area contributed by atoms with Crippen molar-refractivity contribution < 1.29 is 4.52 Å². The highest BCUT2D eigenvalue weighted by Crippen LogP contribution is 2.17. The Kier molecular flexibility index (Phi) is 1.86. The first kappa shape index (κ1) is 8.00. The van der Waals surface area contributed by atoms with Crippen molar-refractivity contribution in [1.82, 2.24) is 14.9 Å². The van der Waals surface area contributed by atoms with Gasteiger partial charge in [0.25, 0.3) is 0 Å². The van der Waals surface area contributed by atoms with E-state index in [2.05, 4.69) is 10.3 Å². The number of hydrogen-bond donors (Lipinski definition) is 1. The van der Waals surface area contributed by atoms with Gasteiger partial charge in [-0.05, 0) is 6.07 Å². The molecular formula is C8H10N4O. The fraction of sp³-hybridized carbons (Fsp3) is 0.250. The van der Waals surface area contributed by atoms with Crippen LogP contribution in [-0.4, -0.2) is 14.9 Å². The molecule has 0 unspecified atom stereocenters. The van der Waals surface area contributed by atoms with Crippen LogP contribution in [0.5, 0.6) is 0 Å². The van der Waals surface area contributed by atoms with Gasteiger partial charge in [0.1, 0.15) is 5.69 Å². The van der Waals surface area contributed by atoms with Crippen LogP contribution in [0.1, 0.15) is 5.69 Å². The Morgan fingerprint density at radius 3 is 3.00 bits per heavy atom. The van der Waals surface area contributed by atoms with E-state index in [1.165, 1.54) is 0 Å². The smallest absolute Gasteiger partial charge is 0.187 e. The molecule has 0 amide bonds. The molecule has 5 heteroatoms. The van der Waals surface area contributed by atoms with Crippen molar-refractivity contribution >= 4 is 0 Å². The lowest BCUT2D eigenvalue weighted by Gasteiger charge is -1.85. The normalized spacial score (nSPS) is 10.6. The van der Waals surface area contributed by atoms with Crippen molar-refractivity contribution in [2.45, 2.75) is 6.54 Å². The minimum absolute atomic E-state index is 0.385. The second-order valence-electron chi connectivity index (χ2n) is 2.76. The number of aromatic nitrogens is 3. The molecule has 0 aliphatic rings. The molecule has 5 nitrogen and oxygen atoms in total. The molecule has 2 aromatic rings. The van der Waals surface area contributed by atoms with E-state index in [0.29, 0.717) is 12.3 Å². The Labute approximate surface area is 75.1 Å². The summed E-state index contributed by atoms with van der Waals surface area (Å²) in [4.78, 5) is 0. The zero-order chi connectivity index (χ0) is 9.26. The van der Waals surface area contributed by atoms with E-state index < -0.39 is 0 Å². The van der Waals surface area contributed by atoms with E-state index in [9.17, 15) is 0 Å². The lowest BCUT2D eigenvalue weighted by Crippen LogP contribution is -1.94. The predicted octanol–water partition coefficient (Wildman–Crippen LogP) is 0.534. The average Bonchev–Trinajstić information content (AvgIpc) is 2.71. The molecule has 0 radical (unpaired) electrons. The summed E-state index contributed by atoms with van der Waals surface area (Å²) in [5, 5.41) is 7.94. The molecule has 0 atom stereocenters. The molecule has 0 bridgehead atoms. The van der Waals surface area contributed by atoms with Crippen LogP contribution >= 0.6 is 0 Å². The van der Waals surface area contributed by atoms with Crippen LogP contribution in [0.25, 0.3) is 11.5 Å². The Balaban J connectivity index is 2.35. The molecule has 0 aliphatic heterocycles. The maximum atomic E-state index is 5.40. The van der Waals surface area contributed by atoms with Crippen LogP contribution in [0, 0.1) is 0 Å². The zero-order valence-corrected chi connectivity index (χ0v) is 7.27. The number of hydrogen-bond acceptors (Lipinski definition) is 4. The summed E-state index contributed by atoms with van der Waals surface area (Å²) in [7, 11) is 1.85. The molecule has 0 saturated heterocycles. The summed E-state index contributed by atoms with van der Waals surface area (Å²) >= 11 is 0. The zero-order valence-electron chi connectivity index (χ0n) is 7.27. The van der Waals surface area contributed by atoms with E-state index in [4.69, 9.17) is 10.3 Å². The molecule has 0 aliphatic carbocycles. The van der Waals surface area contributed by atoms with E-state index in [-0.39, 0.29) is 0 Å². The van der Waals surface area contributed by atoms with E-state index in [1.807, 2.05) is 19.3 Å². The average molecular weight is 178 g/mol. The van der Waals surface area contributed by atoms with Gasteiger partial charge in [-0.3, -0.25) is 4.68 Å². The van der Waals surface area contributed by atoms with Gasteiger partial charge in [-0.2, -0.15) is 5.10 Å². The Hall–Kier alpha value is -1.62. The lowest BCUT2D eigenvalue weighted by atomic mass is 10.3. The van der Waals surface area contributed by atoms with Gasteiger partial charge < -0.3 is 10.3 Å². The van der Waals surface area contributed by atoms with Crippen molar-refractivity contribution in [2.75, 3.05) is 0 Å². The first-order valence-corrected chi connectivity index (χ1v) is 3.95. The largest absolute Gasteiger partial charge is 0.354 e. The highest BCUT2D eigenvalue weighted by molar-refractivity contribution is 5.50. The summed E-state index contributed by atoms with van der Waals surface area (Å²) in [6, 6.07) is 3.66. The third-order valence-electron chi connectivity index (χ3n) is 1.73. The van der Waals surface area contributed by atoms with Gasteiger partial charge in [-0.1, -0.05) is 5.16 Å². The van der Waals surface area contributed by atoms with Crippen molar-refractivity contribution in [2.24, 2.45) is 12.8 Å². The molecule has 0 spiro atoms. The van der Waals surface area contributed by atoms with Crippen LogP contribution < -0.4 is 5.73 Å². The quantitative estimate of drug-likeness (QED) is 0.728. The number of rotatable bonds is 2. The summed E-state index contributed by atoms with van der Waals surface area (Å²) in [6.07, 6.45) is 1.85. The van der Waals surface area contributed by atoms with Crippen LogP contribution in [0.15, 0.2) is 22.9 Å². The summed E-state index contributed by atoms with van der Waals surface area (Å²) < 4.78 is 6.76. The minimum Gasteiger partial charge on any atom is -0.354 e. The second kappa shape index (κ2) is 3.02. The van der Waals surface area contributed by atoms with Gasteiger partial charge in [0.05, 0.1) is 5.69 Å². The topological polar surface area (TPSA) is 69.9 Å². The third kappa shape index (κ3) is 1.46. The highest BCUT2D eigenvalue weighted by atomic mass is 16.5. The van der Waals surface area contributed by atoms with Crippen LogP contribution in [0.2, 0.25) is 0 Å². The molecule has 68 valence electrons. The van der Waals surface area contributed by atoms with Crippen molar-refractivity contribution in [3.63, 3.8) is 0 Å². The molecule has 0 aromatic carbocycles. The minimum atomic E-state index is 0.385. The van der Waals surface area contributed by atoms with Crippen LogP contribution in [0.3, 0.4) is 0 Å². The van der Waals surface area contributed by atoms with Gasteiger partial charge in [-0.25, -0.2) is 0 Å². The molecule has 0 fully saturated rings. The summed E-state index contributed by atoms with van der Waals surface area (Å²) in [5.74, 6) is 0.654. The maximum absolute atomic E-state index is 5.40. The Morgan fingerprint density at radius 1 is 1.62 bits per heavy atom. The van der Waals surface area contributed by atoms with E-state index >= 15 is 0 Å². The van der Waals surface area contributed by atoms with Crippen molar-refractivity contribution in [3.05, 3.63) is 24.0 Å². The third-order valence-corrected chi connectivity index (χ3v) is 1.73. The van der Waals surface area contributed by atoms with Crippen LogP contribution in [0.4, 0.5) is 0 Å². The Bertz CT molecular complexity index is 404. The first-order valence-electron chi connectivity index (χ1n) is 3.95. The second-order valence-corrected chi connectivity index (χ2v) is 2.76. The number of aryl methyl sites for hydroxylation is 1. The molecule has 2 heterocycles. The van der Waals surface area contributed by atoms with E-state index in [1.54, 1.807) is 10.7 Å². The van der Waals surface area contributed by atoms with Gasteiger partial charge in [0.15, 0.2) is 5.76 Å². The lowest BCUT2D eigenvalue weighted by molar-refractivity contribution is 0.422. The van der Waals surface area contributed by atoms with Gasteiger partial charge in [0.2, 0.25) is 0 Å². The standard InChI is InChI=1S/C8H10N4O/c1-12-3-2-7(10-12)8-4-6(5-9)11-13-8/h2-4H,5,9H2,1H3. The van der Waals surface area contributed by atoms with Gasteiger partial charge >= 0.3 is 0 Å². The first-order chi connectivity index (χ1) is 6.29. The number of nitrogens with zero attached hydrogens (tertiary/aromatic N) is 3. The molecule has 2 aromatic heterocycles. The molecule has 2 N–H and O–H groups in total.